The van der Waals surface area contributed by atoms with E-state index in [0.29, 0.717) is 18.0 Å². The summed E-state index contributed by atoms with van der Waals surface area (Å²) in [6.45, 7) is 2.16. The summed E-state index contributed by atoms with van der Waals surface area (Å²) in [5, 5.41) is 0.646. The minimum atomic E-state index is -0.207. The number of carbonyl (C=O) groups excluding carboxylic acids is 2. The molecule has 0 radical (unpaired) electrons. The average Bonchev–Trinajstić information content (AvgIpc) is 2.74. The minimum absolute atomic E-state index is 0.0236. The van der Waals surface area contributed by atoms with E-state index in [9.17, 15) is 9.59 Å². The molecule has 0 unspecified atom stereocenters. The van der Waals surface area contributed by atoms with E-state index in [4.69, 9.17) is 11.6 Å². The van der Waals surface area contributed by atoms with Crippen molar-refractivity contribution in [3.8, 4) is 0 Å². The first-order valence-electron chi connectivity index (χ1n) is 8.00. The Bertz CT molecular complexity index is 550. The summed E-state index contributed by atoms with van der Waals surface area (Å²) >= 11 is 5.89. The van der Waals surface area contributed by atoms with Crippen LogP contribution in [0.3, 0.4) is 0 Å². The van der Waals surface area contributed by atoms with Crippen molar-refractivity contribution < 1.29 is 9.59 Å². The van der Waals surface area contributed by atoms with Crippen molar-refractivity contribution in [2.45, 2.75) is 32.1 Å². The quantitative estimate of drug-likeness (QED) is 0.840. The number of nitrogens with zero attached hydrogens (tertiary/aromatic N) is 2. The molecule has 22 heavy (non-hydrogen) atoms. The van der Waals surface area contributed by atoms with Crippen LogP contribution in [0.15, 0.2) is 24.3 Å². The fraction of sp³-hybridized carbons (Fsp3) is 0.529. The van der Waals surface area contributed by atoms with Crippen LogP contribution >= 0.6 is 11.6 Å². The number of halogens is 1. The Hall–Kier alpha value is -1.55. The van der Waals surface area contributed by atoms with E-state index in [-0.39, 0.29) is 17.7 Å². The number of hydrogen-bond donors (Lipinski definition) is 0. The Balaban J connectivity index is 1.68. The molecule has 2 aliphatic rings. The largest absolute Gasteiger partial charge is 0.342 e. The molecule has 2 aliphatic heterocycles. The number of likely N-dealkylation sites (tertiary alicyclic amines) is 1. The maximum absolute atomic E-state index is 12.7. The SMILES string of the molecule is O=C([C@@H]1CC(=O)N(c2ccc(Cl)cc2)C1)N1CCCCCC1. The molecule has 0 spiro atoms. The molecule has 3 rings (SSSR count). The van der Waals surface area contributed by atoms with Crippen molar-refractivity contribution >= 4 is 29.1 Å². The number of rotatable bonds is 2. The molecule has 1 atom stereocenters. The summed E-state index contributed by atoms with van der Waals surface area (Å²) in [4.78, 5) is 28.6. The van der Waals surface area contributed by atoms with E-state index in [0.717, 1.165) is 31.6 Å². The van der Waals surface area contributed by atoms with Gasteiger partial charge < -0.3 is 9.80 Å². The van der Waals surface area contributed by atoms with Crippen LogP contribution in [0, 0.1) is 5.92 Å². The highest BCUT2D eigenvalue weighted by Gasteiger charge is 2.37. The van der Waals surface area contributed by atoms with Gasteiger partial charge in [-0.3, -0.25) is 9.59 Å². The Labute approximate surface area is 136 Å². The third-order valence-electron chi connectivity index (χ3n) is 4.53. The van der Waals surface area contributed by atoms with Gasteiger partial charge in [0.15, 0.2) is 0 Å². The minimum Gasteiger partial charge on any atom is -0.342 e. The second-order valence-electron chi connectivity index (χ2n) is 6.12. The van der Waals surface area contributed by atoms with Gasteiger partial charge in [-0.15, -0.1) is 0 Å². The molecule has 1 aromatic carbocycles. The first kappa shape index (κ1) is 15.3. The normalized spacial score (nSPS) is 22.8. The number of carbonyl (C=O) groups is 2. The van der Waals surface area contributed by atoms with Crippen LogP contribution in [0.1, 0.15) is 32.1 Å². The van der Waals surface area contributed by atoms with Gasteiger partial charge >= 0.3 is 0 Å². The van der Waals surface area contributed by atoms with Gasteiger partial charge in [0.1, 0.15) is 0 Å². The molecule has 2 amide bonds. The molecular formula is C17H21ClN2O2. The van der Waals surface area contributed by atoms with Crippen molar-refractivity contribution in [3.63, 3.8) is 0 Å². The molecule has 0 N–H and O–H groups in total. The van der Waals surface area contributed by atoms with Crippen LogP contribution in [0.25, 0.3) is 0 Å². The summed E-state index contributed by atoms with van der Waals surface area (Å²) in [5.41, 5.74) is 0.820. The Morgan fingerprint density at radius 1 is 1.05 bits per heavy atom. The zero-order chi connectivity index (χ0) is 15.5. The smallest absolute Gasteiger partial charge is 0.228 e. The van der Waals surface area contributed by atoms with Gasteiger partial charge in [0.25, 0.3) is 0 Å². The number of benzene rings is 1. The molecule has 0 aromatic heterocycles. The fourth-order valence-electron chi connectivity index (χ4n) is 3.29. The molecule has 0 saturated carbocycles. The summed E-state index contributed by atoms with van der Waals surface area (Å²) < 4.78 is 0. The lowest BCUT2D eigenvalue weighted by Crippen LogP contribution is -2.38. The highest BCUT2D eigenvalue weighted by atomic mass is 35.5. The molecule has 118 valence electrons. The fourth-order valence-corrected chi connectivity index (χ4v) is 3.42. The van der Waals surface area contributed by atoms with Gasteiger partial charge in [0.05, 0.1) is 5.92 Å². The predicted octanol–water partition coefficient (Wildman–Crippen LogP) is 3.10. The molecule has 2 fully saturated rings. The van der Waals surface area contributed by atoms with Crippen LogP contribution in [0.5, 0.6) is 0 Å². The average molecular weight is 321 g/mol. The van der Waals surface area contributed by atoms with Crippen LogP contribution < -0.4 is 4.90 Å². The zero-order valence-electron chi connectivity index (χ0n) is 12.6. The van der Waals surface area contributed by atoms with Gasteiger partial charge in [-0.25, -0.2) is 0 Å². The Kier molecular flexibility index (Phi) is 4.67. The number of anilines is 1. The molecule has 5 heteroatoms. The van der Waals surface area contributed by atoms with Crippen molar-refractivity contribution in [2.24, 2.45) is 5.92 Å². The standard InChI is InChI=1S/C17H21ClN2O2/c18-14-5-7-15(8-6-14)20-12-13(11-16(20)21)17(22)19-9-3-1-2-4-10-19/h5-8,13H,1-4,9-12H2/t13-/m1/s1. The molecular weight excluding hydrogens is 300 g/mol. The molecule has 4 nitrogen and oxygen atoms in total. The van der Waals surface area contributed by atoms with E-state index in [1.165, 1.54) is 12.8 Å². The first-order valence-corrected chi connectivity index (χ1v) is 8.37. The van der Waals surface area contributed by atoms with E-state index in [1.54, 1.807) is 17.0 Å². The highest BCUT2D eigenvalue weighted by Crippen LogP contribution is 2.28. The maximum Gasteiger partial charge on any atom is 0.228 e. The maximum atomic E-state index is 12.7. The van der Waals surface area contributed by atoms with Crippen LogP contribution in [0.2, 0.25) is 5.02 Å². The second kappa shape index (κ2) is 6.69. The van der Waals surface area contributed by atoms with Crippen LogP contribution in [-0.4, -0.2) is 36.3 Å². The van der Waals surface area contributed by atoms with E-state index in [2.05, 4.69) is 0 Å². The Morgan fingerprint density at radius 2 is 1.68 bits per heavy atom. The lowest BCUT2D eigenvalue weighted by Gasteiger charge is -2.24. The lowest BCUT2D eigenvalue weighted by molar-refractivity contribution is -0.135. The Morgan fingerprint density at radius 3 is 2.32 bits per heavy atom. The van der Waals surface area contributed by atoms with Crippen molar-refractivity contribution in [2.75, 3.05) is 24.5 Å². The summed E-state index contributed by atoms with van der Waals surface area (Å²) in [7, 11) is 0. The topological polar surface area (TPSA) is 40.6 Å². The molecule has 0 aliphatic carbocycles. The van der Waals surface area contributed by atoms with Crippen molar-refractivity contribution in [1.29, 1.82) is 0 Å². The summed E-state index contributed by atoms with van der Waals surface area (Å²) in [6.07, 6.45) is 4.87. The summed E-state index contributed by atoms with van der Waals surface area (Å²) in [5.74, 6) is -0.0384. The van der Waals surface area contributed by atoms with Crippen molar-refractivity contribution in [1.82, 2.24) is 4.90 Å². The van der Waals surface area contributed by atoms with Gasteiger partial charge in [0.2, 0.25) is 11.8 Å². The van der Waals surface area contributed by atoms with Gasteiger partial charge in [-0.1, -0.05) is 24.4 Å². The highest BCUT2D eigenvalue weighted by molar-refractivity contribution is 6.30. The monoisotopic (exact) mass is 320 g/mol. The van der Waals surface area contributed by atoms with E-state index < -0.39 is 0 Å². The summed E-state index contributed by atoms with van der Waals surface area (Å²) in [6, 6.07) is 7.21. The molecule has 2 heterocycles. The van der Waals surface area contributed by atoms with Gasteiger partial charge in [0, 0.05) is 36.8 Å². The predicted molar refractivity (Wildman–Crippen MR) is 87.0 cm³/mol. The third kappa shape index (κ3) is 3.27. The number of hydrogen-bond acceptors (Lipinski definition) is 2. The zero-order valence-corrected chi connectivity index (χ0v) is 13.4. The van der Waals surface area contributed by atoms with Crippen LogP contribution in [-0.2, 0) is 9.59 Å². The molecule has 1 aromatic rings. The van der Waals surface area contributed by atoms with Crippen molar-refractivity contribution in [3.05, 3.63) is 29.3 Å². The first-order chi connectivity index (χ1) is 10.6. The third-order valence-corrected chi connectivity index (χ3v) is 4.78. The second-order valence-corrected chi connectivity index (χ2v) is 6.56. The van der Waals surface area contributed by atoms with E-state index in [1.807, 2.05) is 17.0 Å². The lowest BCUT2D eigenvalue weighted by atomic mass is 10.1. The molecule has 2 saturated heterocycles. The van der Waals surface area contributed by atoms with E-state index >= 15 is 0 Å². The van der Waals surface area contributed by atoms with Crippen LogP contribution in [0.4, 0.5) is 5.69 Å². The van der Waals surface area contributed by atoms with Gasteiger partial charge in [-0.05, 0) is 37.1 Å². The van der Waals surface area contributed by atoms with Gasteiger partial charge in [-0.2, -0.15) is 0 Å². The molecule has 0 bridgehead atoms. The number of amides is 2.